The fourth-order valence-corrected chi connectivity index (χ4v) is 2.46. The smallest absolute Gasteiger partial charge is 0.214 e. The Morgan fingerprint density at radius 2 is 2.06 bits per heavy atom. The molecule has 0 amide bonds. The number of hydrogen-bond donors (Lipinski definition) is 1. The lowest BCUT2D eigenvalue weighted by molar-refractivity contribution is 0.441. The number of aryl methyl sites for hydroxylation is 1. The Morgan fingerprint density at radius 3 is 2.59 bits per heavy atom. The van der Waals surface area contributed by atoms with E-state index in [1.54, 1.807) is 29.0 Å². The Balaban J connectivity index is 2.68. The highest BCUT2D eigenvalue weighted by Crippen LogP contribution is 2.28. The lowest BCUT2D eigenvalue weighted by atomic mass is 10.3. The van der Waals surface area contributed by atoms with Crippen LogP contribution in [-0.4, -0.2) is 14.2 Å². The van der Waals surface area contributed by atoms with Crippen LogP contribution in [0.4, 0.5) is 0 Å². The third-order valence-corrected chi connectivity index (χ3v) is 3.38. The quantitative estimate of drug-likeness (QED) is 0.846. The van der Waals surface area contributed by atoms with Crippen LogP contribution in [0.1, 0.15) is 6.92 Å². The number of nitrogens with zero attached hydrogens (tertiary/aromatic N) is 2. The molecule has 1 N–H and O–H groups in total. The maximum atomic E-state index is 9.87. The highest BCUT2D eigenvalue weighted by Gasteiger charge is 2.11. The Morgan fingerprint density at radius 1 is 1.35 bits per heavy atom. The SMILES string of the molecule is CCn1cc(O)n(-c2ccc(Cl)cc2Cl)c1=S. The first-order valence-corrected chi connectivity index (χ1v) is 6.17. The molecular weight excluding hydrogens is 279 g/mol. The van der Waals surface area contributed by atoms with Crippen LogP contribution in [0, 0.1) is 4.77 Å². The van der Waals surface area contributed by atoms with Crippen molar-refractivity contribution in [3.05, 3.63) is 39.2 Å². The molecule has 90 valence electrons. The minimum Gasteiger partial charge on any atom is -0.493 e. The summed E-state index contributed by atoms with van der Waals surface area (Å²) in [6, 6.07) is 5.04. The second kappa shape index (κ2) is 4.72. The number of aromatic hydroxyl groups is 1. The molecule has 0 aliphatic heterocycles. The van der Waals surface area contributed by atoms with Gasteiger partial charge >= 0.3 is 0 Å². The van der Waals surface area contributed by atoms with Crippen molar-refractivity contribution < 1.29 is 5.11 Å². The maximum Gasteiger partial charge on any atom is 0.214 e. The van der Waals surface area contributed by atoms with Gasteiger partial charge in [-0.15, -0.1) is 0 Å². The number of hydrogen-bond acceptors (Lipinski definition) is 2. The summed E-state index contributed by atoms with van der Waals surface area (Å²) < 4.78 is 3.77. The first-order chi connectivity index (χ1) is 8.04. The van der Waals surface area contributed by atoms with Crippen LogP contribution >= 0.6 is 35.4 Å². The summed E-state index contributed by atoms with van der Waals surface area (Å²) in [6.45, 7) is 2.63. The molecule has 1 aromatic carbocycles. The van der Waals surface area contributed by atoms with Gasteiger partial charge in [-0.2, -0.15) is 0 Å². The first-order valence-electron chi connectivity index (χ1n) is 5.01. The van der Waals surface area contributed by atoms with Crippen LogP contribution in [0.5, 0.6) is 5.88 Å². The zero-order valence-corrected chi connectivity index (χ0v) is 11.4. The minimum absolute atomic E-state index is 0.0565. The van der Waals surface area contributed by atoms with Gasteiger partial charge in [-0.05, 0) is 37.3 Å². The van der Waals surface area contributed by atoms with E-state index < -0.39 is 0 Å². The van der Waals surface area contributed by atoms with Gasteiger partial charge in [0.05, 0.1) is 16.9 Å². The summed E-state index contributed by atoms with van der Waals surface area (Å²) in [4.78, 5) is 0. The van der Waals surface area contributed by atoms with Crippen molar-refractivity contribution in [1.29, 1.82) is 0 Å². The average Bonchev–Trinajstić information content (AvgIpc) is 2.55. The van der Waals surface area contributed by atoms with Gasteiger partial charge in [0, 0.05) is 11.6 Å². The Labute approximate surface area is 114 Å². The summed E-state index contributed by atoms with van der Waals surface area (Å²) in [5.74, 6) is 0.0565. The van der Waals surface area contributed by atoms with Gasteiger partial charge in [0.2, 0.25) is 5.88 Å². The average molecular weight is 289 g/mol. The molecule has 3 nitrogen and oxygen atoms in total. The molecule has 0 saturated heterocycles. The minimum atomic E-state index is 0.0565. The van der Waals surface area contributed by atoms with Crippen LogP contribution in [0.25, 0.3) is 5.69 Å². The zero-order valence-electron chi connectivity index (χ0n) is 9.02. The molecule has 0 unspecified atom stereocenters. The second-order valence-corrected chi connectivity index (χ2v) is 4.70. The number of imidazole rings is 1. The van der Waals surface area contributed by atoms with Gasteiger partial charge in [0.1, 0.15) is 0 Å². The standard InChI is InChI=1S/C11H10Cl2N2OS/c1-2-14-6-10(16)15(11(14)17)9-4-3-7(12)5-8(9)13/h3-6,16H,2H2,1H3. The zero-order chi connectivity index (χ0) is 12.6. The molecule has 0 fully saturated rings. The monoisotopic (exact) mass is 288 g/mol. The van der Waals surface area contributed by atoms with E-state index in [9.17, 15) is 5.11 Å². The van der Waals surface area contributed by atoms with Crippen molar-refractivity contribution in [1.82, 2.24) is 9.13 Å². The van der Waals surface area contributed by atoms with E-state index in [1.165, 1.54) is 4.57 Å². The van der Waals surface area contributed by atoms with E-state index in [4.69, 9.17) is 35.4 Å². The largest absolute Gasteiger partial charge is 0.493 e. The molecule has 6 heteroatoms. The van der Waals surface area contributed by atoms with Crippen molar-refractivity contribution in [2.45, 2.75) is 13.5 Å². The van der Waals surface area contributed by atoms with Crippen molar-refractivity contribution >= 4 is 35.4 Å². The molecule has 17 heavy (non-hydrogen) atoms. The normalized spacial score (nSPS) is 10.8. The van der Waals surface area contributed by atoms with Gasteiger partial charge in [-0.1, -0.05) is 23.2 Å². The predicted molar refractivity (Wildman–Crippen MR) is 72.0 cm³/mol. The van der Waals surface area contributed by atoms with Crippen LogP contribution in [0.15, 0.2) is 24.4 Å². The van der Waals surface area contributed by atoms with E-state index in [-0.39, 0.29) is 5.88 Å². The first kappa shape index (κ1) is 12.5. The molecule has 0 bridgehead atoms. The van der Waals surface area contributed by atoms with Crippen LogP contribution in [0.2, 0.25) is 10.0 Å². The van der Waals surface area contributed by atoms with Gasteiger partial charge in [0.15, 0.2) is 4.77 Å². The molecule has 2 aromatic rings. The van der Waals surface area contributed by atoms with Crippen molar-refractivity contribution in [2.24, 2.45) is 0 Å². The van der Waals surface area contributed by atoms with Gasteiger partial charge in [-0.3, -0.25) is 4.57 Å². The second-order valence-electron chi connectivity index (χ2n) is 3.49. The molecule has 0 radical (unpaired) electrons. The summed E-state index contributed by atoms with van der Waals surface area (Å²) in [6.07, 6.45) is 1.58. The lowest BCUT2D eigenvalue weighted by Gasteiger charge is -2.07. The molecule has 1 heterocycles. The van der Waals surface area contributed by atoms with Crippen LogP contribution in [-0.2, 0) is 6.54 Å². The van der Waals surface area contributed by atoms with Crippen molar-refractivity contribution in [2.75, 3.05) is 0 Å². The molecule has 0 saturated carbocycles. The molecule has 2 rings (SSSR count). The number of aromatic nitrogens is 2. The maximum absolute atomic E-state index is 9.87. The Hall–Kier alpha value is -0.970. The van der Waals surface area contributed by atoms with E-state index in [0.29, 0.717) is 27.0 Å². The van der Waals surface area contributed by atoms with E-state index in [0.717, 1.165) is 0 Å². The molecule has 0 aliphatic rings. The summed E-state index contributed by atoms with van der Waals surface area (Å²) >= 11 is 17.2. The van der Waals surface area contributed by atoms with E-state index in [1.807, 2.05) is 6.92 Å². The third-order valence-electron chi connectivity index (χ3n) is 2.43. The summed E-state index contributed by atoms with van der Waals surface area (Å²) in [5.41, 5.74) is 0.616. The van der Waals surface area contributed by atoms with Gasteiger partial charge in [0.25, 0.3) is 0 Å². The van der Waals surface area contributed by atoms with E-state index in [2.05, 4.69) is 0 Å². The Bertz CT molecular complexity index is 618. The lowest BCUT2D eigenvalue weighted by Crippen LogP contribution is -1.98. The highest BCUT2D eigenvalue weighted by atomic mass is 35.5. The molecule has 1 aromatic heterocycles. The van der Waals surface area contributed by atoms with Gasteiger partial charge in [-0.25, -0.2) is 0 Å². The summed E-state index contributed by atoms with van der Waals surface area (Å²) in [5, 5.41) is 10.9. The molecule has 0 spiro atoms. The van der Waals surface area contributed by atoms with Crippen molar-refractivity contribution in [3.63, 3.8) is 0 Å². The van der Waals surface area contributed by atoms with Crippen LogP contribution in [0.3, 0.4) is 0 Å². The van der Waals surface area contributed by atoms with Crippen molar-refractivity contribution in [3.8, 4) is 11.6 Å². The number of halogens is 2. The van der Waals surface area contributed by atoms with E-state index >= 15 is 0 Å². The summed E-state index contributed by atoms with van der Waals surface area (Å²) in [7, 11) is 0. The van der Waals surface area contributed by atoms with Gasteiger partial charge < -0.3 is 9.67 Å². The van der Waals surface area contributed by atoms with Crippen LogP contribution < -0.4 is 0 Å². The molecule has 0 atom stereocenters. The fourth-order valence-electron chi connectivity index (χ4n) is 1.59. The predicted octanol–water partition coefficient (Wildman–Crippen LogP) is 4.04. The third kappa shape index (κ3) is 2.20. The highest BCUT2D eigenvalue weighted by molar-refractivity contribution is 7.71. The fraction of sp³-hybridized carbons (Fsp3) is 0.182. The topological polar surface area (TPSA) is 30.1 Å². The molecular formula is C11H10Cl2N2OS. The number of rotatable bonds is 2. The number of benzene rings is 1. The Kier molecular flexibility index (Phi) is 3.47. The molecule has 0 aliphatic carbocycles.